The van der Waals surface area contributed by atoms with Crippen LogP contribution in [0.5, 0.6) is 0 Å². The molecule has 0 amide bonds. The molecule has 0 fully saturated rings. The van der Waals surface area contributed by atoms with Crippen LogP contribution in [0.3, 0.4) is 0 Å². The predicted octanol–water partition coefficient (Wildman–Crippen LogP) is 4.08. The van der Waals surface area contributed by atoms with E-state index in [1.54, 1.807) is 0 Å². The minimum Gasteiger partial charge on any atom is -0.388 e. The van der Waals surface area contributed by atoms with Crippen molar-refractivity contribution in [3.8, 4) is 11.3 Å². The Labute approximate surface area is 122 Å². The van der Waals surface area contributed by atoms with Gasteiger partial charge in [-0.25, -0.2) is 9.97 Å². The SMILES string of the molecule is CNc1cccc2nc(CCl)nc(-c3ccccc3)c12. The number of hydrogen-bond acceptors (Lipinski definition) is 3. The minimum absolute atomic E-state index is 0.305. The fourth-order valence-corrected chi connectivity index (χ4v) is 2.42. The Morgan fingerprint density at radius 1 is 1.00 bits per heavy atom. The monoisotopic (exact) mass is 283 g/mol. The summed E-state index contributed by atoms with van der Waals surface area (Å²) in [5.74, 6) is 0.950. The fraction of sp³-hybridized carbons (Fsp3) is 0.125. The molecule has 0 radical (unpaired) electrons. The van der Waals surface area contributed by atoms with Crippen LogP contribution in [0.25, 0.3) is 22.2 Å². The molecule has 0 aliphatic carbocycles. The van der Waals surface area contributed by atoms with Gasteiger partial charge in [-0.15, -0.1) is 11.6 Å². The van der Waals surface area contributed by atoms with E-state index >= 15 is 0 Å². The summed E-state index contributed by atoms with van der Waals surface area (Å²) in [6.07, 6.45) is 0. The molecule has 20 heavy (non-hydrogen) atoms. The summed E-state index contributed by atoms with van der Waals surface area (Å²) in [7, 11) is 1.90. The third-order valence-electron chi connectivity index (χ3n) is 3.21. The van der Waals surface area contributed by atoms with Crippen LogP contribution in [-0.2, 0) is 5.88 Å². The number of hydrogen-bond donors (Lipinski definition) is 1. The average molecular weight is 284 g/mol. The summed E-state index contributed by atoms with van der Waals surface area (Å²) in [5, 5.41) is 4.23. The van der Waals surface area contributed by atoms with Crippen LogP contribution in [0.15, 0.2) is 48.5 Å². The number of alkyl halides is 1. The van der Waals surface area contributed by atoms with E-state index in [-0.39, 0.29) is 0 Å². The largest absolute Gasteiger partial charge is 0.388 e. The summed E-state index contributed by atoms with van der Waals surface area (Å²) in [4.78, 5) is 9.12. The lowest BCUT2D eigenvalue weighted by Crippen LogP contribution is -1.99. The molecule has 0 unspecified atom stereocenters. The van der Waals surface area contributed by atoms with E-state index in [4.69, 9.17) is 11.6 Å². The molecule has 0 atom stereocenters. The van der Waals surface area contributed by atoms with Gasteiger partial charge >= 0.3 is 0 Å². The molecule has 100 valence electrons. The van der Waals surface area contributed by atoms with Crippen molar-refractivity contribution in [2.75, 3.05) is 12.4 Å². The van der Waals surface area contributed by atoms with Crippen molar-refractivity contribution < 1.29 is 0 Å². The second-order valence-corrected chi connectivity index (χ2v) is 4.71. The lowest BCUT2D eigenvalue weighted by Gasteiger charge is -2.11. The summed E-state index contributed by atoms with van der Waals surface area (Å²) < 4.78 is 0. The van der Waals surface area contributed by atoms with E-state index in [1.165, 1.54) is 0 Å². The van der Waals surface area contributed by atoms with E-state index in [1.807, 2.05) is 55.6 Å². The van der Waals surface area contributed by atoms with Crippen molar-refractivity contribution in [3.63, 3.8) is 0 Å². The molecule has 0 bridgehead atoms. The highest BCUT2D eigenvalue weighted by atomic mass is 35.5. The molecule has 3 aromatic rings. The van der Waals surface area contributed by atoms with E-state index in [2.05, 4.69) is 15.3 Å². The standard InChI is InChI=1S/C16H14ClN3/c1-18-12-8-5-9-13-15(12)16(20-14(10-17)19-13)11-6-3-2-4-7-11/h2-9,18H,10H2,1H3. The van der Waals surface area contributed by atoms with Crippen molar-refractivity contribution in [2.45, 2.75) is 5.88 Å². The van der Waals surface area contributed by atoms with Crippen molar-refractivity contribution in [3.05, 3.63) is 54.4 Å². The van der Waals surface area contributed by atoms with Gasteiger partial charge in [0, 0.05) is 23.7 Å². The molecule has 0 spiro atoms. The number of fused-ring (bicyclic) bond motifs is 1. The maximum atomic E-state index is 5.92. The van der Waals surface area contributed by atoms with Gasteiger partial charge in [0.2, 0.25) is 0 Å². The first kappa shape index (κ1) is 12.9. The molecule has 4 heteroatoms. The number of benzene rings is 2. The van der Waals surface area contributed by atoms with Crippen molar-refractivity contribution in [1.82, 2.24) is 9.97 Å². The number of rotatable bonds is 3. The number of anilines is 1. The highest BCUT2D eigenvalue weighted by molar-refractivity contribution is 6.17. The Hall–Kier alpha value is -2.13. The molecule has 0 saturated carbocycles. The van der Waals surface area contributed by atoms with Crippen LogP contribution in [0, 0.1) is 0 Å². The van der Waals surface area contributed by atoms with Gasteiger partial charge in [-0.2, -0.15) is 0 Å². The van der Waals surface area contributed by atoms with Crippen molar-refractivity contribution >= 4 is 28.2 Å². The lowest BCUT2D eigenvalue weighted by molar-refractivity contribution is 1.07. The smallest absolute Gasteiger partial charge is 0.144 e. The zero-order valence-corrected chi connectivity index (χ0v) is 11.9. The zero-order valence-electron chi connectivity index (χ0n) is 11.1. The Bertz CT molecular complexity index is 741. The molecular formula is C16H14ClN3. The zero-order chi connectivity index (χ0) is 13.9. The highest BCUT2D eigenvalue weighted by Gasteiger charge is 2.12. The summed E-state index contributed by atoms with van der Waals surface area (Å²) in [6.45, 7) is 0. The van der Waals surface area contributed by atoms with Gasteiger partial charge in [-0.3, -0.25) is 0 Å². The first-order chi connectivity index (χ1) is 9.83. The Morgan fingerprint density at radius 2 is 1.80 bits per heavy atom. The average Bonchev–Trinajstić information content (AvgIpc) is 2.53. The number of aromatic nitrogens is 2. The molecule has 1 heterocycles. The molecular weight excluding hydrogens is 270 g/mol. The highest BCUT2D eigenvalue weighted by Crippen LogP contribution is 2.31. The molecule has 1 N–H and O–H groups in total. The Kier molecular flexibility index (Phi) is 3.52. The third-order valence-corrected chi connectivity index (χ3v) is 3.44. The van der Waals surface area contributed by atoms with E-state index < -0.39 is 0 Å². The third kappa shape index (κ3) is 2.21. The van der Waals surface area contributed by atoms with Gasteiger partial charge in [0.05, 0.1) is 17.1 Å². The number of halogens is 1. The molecule has 1 aromatic heterocycles. The molecule has 0 saturated heterocycles. The van der Waals surface area contributed by atoms with Gasteiger partial charge in [-0.05, 0) is 12.1 Å². The lowest BCUT2D eigenvalue weighted by atomic mass is 10.0. The predicted molar refractivity (Wildman–Crippen MR) is 84.1 cm³/mol. The van der Waals surface area contributed by atoms with Gasteiger partial charge in [0.15, 0.2) is 0 Å². The van der Waals surface area contributed by atoms with Crippen LogP contribution in [0.1, 0.15) is 5.82 Å². The minimum atomic E-state index is 0.305. The van der Waals surface area contributed by atoms with Gasteiger partial charge < -0.3 is 5.32 Å². The molecule has 3 rings (SSSR count). The molecule has 3 nitrogen and oxygen atoms in total. The molecule has 0 aliphatic heterocycles. The van der Waals surface area contributed by atoms with Crippen LogP contribution in [-0.4, -0.2) is 17.0 Å². The topological polar surface area (TPSA) is 37.8 Å². The van der Waals surface area contributed by atoms with Crippen LogP contribution >= 0.6 is 11.6 Å². The van der Waals surface area contributed by atoms with Gasteiger partial charge in [-0.1, -0.05) is 36.4 Å². The van der Waals surface area contributed by atoms with Crippen molar-refractivity contribution in [1.29, 1.82) is 0 Å². The summed E-state index contributed by atoms with van der Waals surface area (Å²) >= 11 is 5.92. The van der Waals surface area contributed by atoms with E-state index in [9.17, 15) is 0 Å². The maximum Gasteiger partial charge on any atom is 0.144 e. The Balaban J connectivity index is 2.38. The Morgan fingerprint density at radius 3 is 2.50 bits per heavy atom. The van der Waals surface area contributed by atoms with Crippen LogP contribution in [0.2, 0.25) is 0 Å². The number of nitrogens with one attached hydrogen (secondary N) is 1. The van der Waals surface area contributed by atoms with Crippen LogP contribution in [0.4, 0.5) is 5.69 Å². The van der Waals surface area contributed by atoms with Crippen molar-refractivity contribution in [2.24, 2.45) is 0 Å². The fourth-order valence-electron chi connectivity index (χ4n) is 2.30. The second kappa shape index (κ2) is 5.47. The second-order valence-electron chi connectivity index (χ2n) is 4.44. The van der Waals surface area contributed by atoms with Crippen LogP contribution < -0.4 is 5.32 Å². The normalized spacial score (nSPS) is 10.7. The van der Waals surface area contributed by atoms with E-state index in [0.29, 0.717) is 11.7 Å². The molecule has 2 aromatic carbocycles. The molecule has 0 aliphatic rings. The first-order valence-corrected chi connectivity index (χ1v) is 6.95. The maximum absolute atomic E-state index is 5.92. The first-order valence-electron chi connectivity index (χ1n) is 6.42. The van der Waals surface area contributed by atoms with Gasteiger partial charge in [0.25, 0.3) is 0 Å². The summed E-state index contributed by atoms with van der Waals surface area (Å²) in [6, 6.07) is 16.1. The quantitative estimate of drug-likeness (QED) is 0.736. The number of nitrogens with zero attached hydrogens (tertiary/aromatic N) is 2. The van der Waals surface area contributed by atoms with Gasteiger partial charge in [0.1, 0.15) is 5.82 Å². The van der Waals surface area contributed by atoms with E-state index in [0.717, 1.165) is 27.8 Å². The summed E-state index contributed by atoms with van der Waals surface area (Å²) in [5.41, 5.74) is 3.90.